The predicted molar refractivity (Wildman–Crippen MR) is 118 cm³/mol. The SMILES string of the molecule is Cc1nc(-c2csc(S(=O)(=O)Nc3ccc(F)c(Cl)c3)c2)sc1C(=O)N1CCCC1. The first kappa shape index (κ1) is 21.2. The molecule has 1 aliphatic heterocycles. The molecule has 3 heterocycles. The fourth-order valence-electron chi connectivity index (χ4n) is 3.12. The predicted octanol–water partition coefficient (Wildman–Crippen LogP) is 5.01. The number of hydrogen-bond donors (Lipinski definition) is 1. The number of aromatic nitrogens is 1. The van der Waals surface area contributed by atoms with Crippen molar-refractivity contribution in [2.45, 2.75) is 24.0 Å². The Balaban J connectivity index is 1.57. The Kier molecular flexibility index (Phi) is 5.84. The van der Waals surface area contributed by atoms with Gasteiger partial charge in [-0.25, -0.2) is 17.8 Å². The highest BCUT2D eigenvalue weighted by molar-refractivity contribution is 7.94. The van der Waals surface area contributed by atoms with E-state index in [0.29, 0.717) is 21.1 Å². The second kappa shape index (κ2) is 8.26. The molecular formula is C19H17ClFN3O3S3. The van der Waals surface area contributed by atoms with Gasteiger partial charge in [-0.2, -0.15) is 0 Å². The number of likely N-dealkylation sites (tertiary alicyclic amines) is 1. The molecule has 6 nitrogen and oxygen atoms in total. The Morgan fingerprint density at radius 3 is 2.70 bits per heavy atom. The monoisotopic (exact) mass is 485 g/mol. The number of sulfonamides is 1. The van der Waals surface area contributed by atoms with Crippen LogP contribution in [0.5, 0.6) is 0 Å². The van der Waals surface area contributed by atoms with E-state index in [2.05, 4.69) is 9.71 Å². The first-order chi connectivity index (χ1) is 14.2. The van der Waals surface area contributed by atoms with Crippen LogP contribution in [0, 0.1) is 12.7 Å². The van der Waals surface area contributed by atoms with Crippen LogP contribution in [-0.2, 0) is 10.0 Å². The molecule has 0 spiro atoms. The zero-order valence-corrected chi connectivity index (χ0v) is 19.0. The third-order valence-corrected chi connectivity index (χ3v) is 8.95. The summed E-state index contributed by atoms with van der Waals surface area (Å²) in [5, 5.41) is 2.11. The number of carbonyl (C=O) groups is 1. The number of thiazole rings is 1. The van der Waals surface area contributed by atoms with Crippen molar-refractivity contribution in [1.82, 2.24) is 9.88 Å². The lowest BCUT2D eigenvalue weighted by atomic mass is 10.3. The van der Waals surface area contributed by atoms with Gasteiger partial charge in [0.2, 0.25) is 0 Å². The van der Waals surface area contributed by atoms with E-state index < -0.39 is 15.8 Å². The lowest BCUT2D eigenvalue weighted by Crippen LogP contribution is -2.27. The molecule has 1 N–H and O–H groups in total. The Hall–Kier alpha value is -2.01. The van der Waals surface area contributed by atoms with Gasteiger partial charge in [-0.3, -0.25) is 9.52 Å². The van der Waals surface area contributed by atoms with Gasteiger partial charge in [0, 0.05) is 24.0 Å². The minimum absolute atomic E-state index is 0.0216. The average molecular weight is 486 g/mol. The van der Waals surface area contributed by atoms with E-state index in [9.17, 15) is 17.6 Å². The van der Waals surface area contributed by atoms with Crippen LogP contribution in [0.4, 0.5) is 10.1 Å². The van der Waals surface area contributed by atoms with Gasteiger partial charge in [0.25, 0.3) is 15.9 Å². The van der Waals surface area contributed by atoms with E-state index >= 15 is 0 Å². The van der Waals surface area contributed by atoms with Crippen molar-refractivity contribution in [1.29, 1.82) is 0 Å². The first-order valence-electron chi connectivity index (χ1n) is 9.08. The molecule has 0 bridgehead atoms. The molecule has 0 atom stereocenters. The van der Waals surface area contributed by atoms with Gasteiger partial charge in [-0.15, -0.1) is 22.7 Å². The molecular weight excluding hydrogens is 469 g/mol. The number of nitrogens with zero attached hydrogens (tertiary/aromatic N) is 2. The molecule has 1 aliphatic rings. The van der Waals surface area contributed by atoms with Crippen molar-refractivity contribution >= 4 is 55.9 Å². The van der Waals surface area contributed by atoms with Crippen LogP contribution in [0.25, 0.3) is 10.6 Å². The second-order valence-corrected chi connectivity index (χ2v) is 11.0. The molecule has 2 aromatic heterocycles. The highest BCUT2D eigenvalue weighted by Crippen LogP contribution is 2.34. The normalized spacial score (nSPS) is 14.3. The van der Waals surface area contributed by atoms with Crippen LogP contribution in [0.1, 0.15) is 28.2 Å². The summed E-state index contributed by atoms with van der Waals surface area (Å²) in [5.41, 5.74) is 1.44. The van der Waals surface area contributed by atoms with Crippen molar-refractivity contribution in [3.05, 3.63) is 51.1 Å². The largest absolute Gasteiger partial charge is 0.338 e. The quantitative estimate of drug-likeness (QED) is 0.551. The van der Waals surface area contributed by atoms with E-state index in [-0.39, 0.29) is 20.8 Å². The number of aryl methyl sites for hydroxylation is 1. The minimum Gasteiger partial charge on any atom is -0.338 e. The second-order valence-electron chi connectivity index (χ2n) is 6.82. The van der Waals surface area contributed by atoms with Crippen LogP contribution >= 0.6 is 34.3 Å². The summed E-state index contributed by atoms with van der Waals surface area (Å²) in [5.74, 6) is -0.650. The van der Waals surface area contributed by atoms with Crippen molar-refractivity contribution in [2.24, 2.45) is 0 Å². The summed E-state index contributed by atoms with van der Waals surface area (Å²) >= 11 is 8.03. The molecule has 0 unspecified atom stereocenters. The molecule has 1 aromatic carbocycles. The van der Waals surface area contributed by atoms with E-state index in [0.717, 1.165) is 43.3 Å². The maximum atomic E-state index is 13.3. The van der Waals surface area contributed by atoms with Crippen molar-refractivity contribution in [3.63, 3.8) is 0 Å². The highest BCUT2D eigenvalue weighted by Gasteiger charge is 2.25. The molecule has 30 heavy (non-hydrogen) atoms. The standard InChI is InChI=1S/C19H17ClFN3O3S3/c1-11-17(19(25)24-6-2-3-7-24)29-18(22-11)12-8-16(28-10-12)30(26,27)23-13-4-5-15(21)14(20)9-13/h4-5,8-10,23H,2-3,6-7H2,1H3. The molecule has 1 saturated heterocycles. The number of benzene rings is 1. The van der Waals surface area contributed by atoms with Crippen LogP contribution in [-0.4, -0.2) is 37.3 Å². The number of halogens is 2. The lowest BCUT2D eigenvalue weighted by Gasteiger charge is -2.13. The first-order valence-corrected chi connectivity index (χ1v) is 12.6. The molecule has 158 valence electrons. The van der Waals surface area contributed by atoms with Gasteiger partial charge in [-0.05, 0) is 44.0 Å². The topological polar surface area (TPSA) is 79.4 Å². The van der Waals surface area contributed by atoms with E-state index in [4.69, 9.17) is 11.6 Å². The van der Waals surface area contributed by atoms with Gasteiger partial charge < -0.3 is 4.90 Å². The highest BCUT2D eigenvalue weighted by atomic mass is 35.5. The summed E-state index contributed by atoms with van der Waals surface area (Å²) in [6.07, 6.45) is 2.02. The Morgan fingerprint density at radius 2 is 2.00 bits per heavy atom. The maximum Gasteiger partial charge on any atom is 0.271 e. The van der Waals surface area contributed by atoms with Crippen LogP contribution in [0.15, 0.2) is 33.9 Å². The van der Waals surface area contributed by atoms with Crippen molar-refractivity contribution in [2.75, 3.05) is 17.8 Å². The Bertz CT molecular complexity index is 1220. The summed E-state index contributed by atoms with van der Waals surface area (Å²) in [6.45, 7) is 3.30. The Morgan fingerprint density at radius 1 is 1.27 bits per heavy atom. The maximum absolute atomic E-state index is 13.3. The summed E-state index contributed by atoms with van der Waals surface area (Å²) in [7, 11) is -3.87. The third-order valence-electron chi connectivity index (χ3n) is 4.64. The van der Waals surface area contributed by atoms with Gasteiger partial charge in [0.05, 0.1) is 16.4 Å². The van der Waals surface area contributed by atoms with E-state index in [1.807, 2.05) is 4.90 Å². The van der Waals surface area contributed by atoms with E-state index in [1.165, 1.54) is 29.5 Å². The van der Waals surface area contributed by atoms with Gasteiger partial charge >= 0.3 is 0 Å². The number of amides is 1. The third kappa shape index (κ3) is 4.22. The van der Waals surface area contributed by atoms with Gasteiger partial charge in [0.15, 0.2) is 0 Å². The molecule has 4 rings (SSSR count). The zero-order valence-electron chi connectivity index (χ0n) is 15.8. The van der Waals surface area contributed by atoms with Gasteiger partial charge in [-0.1, -0.05) is 11.6 Å². The van der Waals surface area contributed by atoms with Gasteiger partial charge in [0.1, 0.15) is 19.9 Å². The average Bonchev–Trinajstić information content (AvgIpc) is 3.44. The fraction of sp³-hybridized carbons (Fsp3) is 0.263. The molecule has 1 amide bonds. The minimum atomic E-state index is -3.87. The molecule has 0 radical (unpaired) electrons. The number of nitrogens with one attached hydrogen (secondary N) is 1. The summed E-state index contributed by atoms with van der Waals surface area (Å²) in [6, 6.07) is 5.12. The van der Waals surface area contributed by atoms with Crippen molar-refractivity contribution in [3.8, 4) is 10.6 Å². The molecule has 11 heteroatoms. The van der Waals surface area contributed by atoms with Crippen LogP contribution < -0.4 is 4.72 Å². The number of carbonyl (C=O) groups excluding carboxylic acids is 1. The number of rotatable bonds is 5. The van der Waals surface area contributed by atoms with Crippen LogP contribution in [0.2, 0.25) is 5.02 Å². The van der Waals surface area contributed by atoms with Crippen LogP contribution in [0.3, 0.4) is 0 Å². The smallest absolute Gasteiger partial charge is 0.271 e. The Labute approximate surface area is 186 Å². The molecule has 1 fully saturated rings. The number of hydrogen-bond acceptors (Lipinski definition) is 6. The molecule has 0 saturated carbocycles. The number of anilines is 1. The zero-order chi connectivity index (χ0) is 21.5. The molecule has 0 aliphatic carbocycles. The lowest BCUT2D eigenvalue weighted by molar-refractivity contribution is 0.0796. The summed E-state index contributed by atoms with van der Waals surface area (Å²) < 4.78 is 41.1. The van der Waals surface area contributed by atoms with E-state index in [1.54, 1.807) is 12.3 Å². The molecule has 3 aromatic rings. The fourth-order valence-corrected chi connectivity index (χ4v) is 6.61. The van der Waals surface area contributed by atoms with Crippen molar-refractivity contribution < 1.29 is 17.6 Å². The summed E-state index contributed by atoms with van der Waals surface area (Å²) in [4.78, 5) is 19.6. The number of thiophene rings is 1.